The highest BCUT2D eigenvalue weighted by Crippen LogP contribution is 2.42. The number of aromatic nitrogens is 6. The predicted molar refractivity (Wildman–Crippen MR) is 122 cm³/mol. The number of ether oxygens (including phenoxy) is 2. The van der Waals surface area contributed by atoms with E-state index in [0.29, 0.717) is 37.3 Å². The molecule has 33 heavy (non-hydrogen) atoms. The normalized spacial score (nSPS) is 14.9. The Hall–Kier alpha value is -4.05. The van der Waals surface area contributed by atoms with E-state index < -0.39 is 0 Å². The van der Waals surface area contributed by atoms with Crippen LogP contribution in [0.5, 0.6) is 5.75 Å². The van der Waals surface area contributed by atoms with Crippen LogP contribution in [0, 0.1) is 0 Å². The van der Waals surface area contributed by atoms with Gasteiger partial charge < -0.3 is 19.7 Å². The number of rotatable bonds is 4. The highest BCUT2D eigenvalue weighted by Gasteiger charge is 2.28. The molecule has 1 N–H and O–H groups in total. The van der Waals surface area contributed by atoms with Gasteiger partial charge in [0.05, 0.1) is 24.6 Å². The Morgan fingerprint density at radius 3 is 2.70 bits per heavy atom. The van der Waals surface area contributed by atoms with E-state index in [4.69, 9.17) is 19.4 Å². The van der Waals surface area contributed by atoms with Gasteiger partial charge in [0.2, 0.25) is 5.95 Å². The molecule has 4 aromatic rings. The average Bonchev–Trinajstić information content (AvgIpc) is 3.31. The molecule has 10 nitrogen and oxygen atoms in total. The smallest absolute Gasteiger partial charge is 0.228 e. The van der Waals surface area contributed by atoms with Gasteiger partial charge in [0.1, 0.15) is 12.3 Å². The molecular formula is C23H22N8O2. The molecule has 0 radical (unpaired) electrons. The average molecular weight is 442 g/mol. The summed E-state index contributed by atoms with van der Waals surface area (Å²) >= 11 is 0. The van der Waals surface area contributed by atoms with E-state index in [-0.39, 0.29) is 0 Å². The predicted octanol–water partition coefficient (Wildman–Crippen LogP) is 2.81. The lowest BCUT2D eigenvalue weighted by atomic mass is 10.0. The van der Waals surface area contributed by atoms with Crippen molar-refractivity contribution in [2.75, 3.05) is 36.5 Å². The zero-order valence-corrected chi connectivity index (χ0v) is 18.1. The molecule has 0 bridgehead atoms. The lowest BCUT2D eigenvalue weighted by molar-refractivity contribution is 0.122. The summed E-state index contributed by atoms with van der Waals surface area (Å²) in [5, 5.41) is 7.90. The Balaban J connectivity index is 1.49. The van der Waals surface area contributed by atoms with Crippen molar-refractivity contribution >= 4 is 17.5 Å². The van der Waals surface area contributed by atoms with Crippen molar-refractivity contribution < 1.29 is 9.47 Å². The molecule has 0 aromatic carbocycles. The number of hydrogen-bond donors (Lipinski definition) is 1. The summed E-state index contributed by atoms with van der Waals surface area (Å²) < 4.78 is 13.4. The monoisotopic (exact) mass is 442 g/mol. The summed E-state index contributed by atoms with van der Waals surface area (Å²) in [6, 6.07) is 7.83. The number of morpholine rings is 1. The molecule has 0 spiro atoms. The van der Waals surface area contributed by atoms with E-state index in [2.05, 4.69) is 31.3 Å². The quantitative estimate of drug-likeness (QED) is 0.511. The maximum atomic E-state index is 6.12. The van der Waals surface area contributed by atoms with Gasteiger partial charge in [0.15, 0.2) is 11.6 Å². The van der Waals surface area contributed by atoms with Crippen molar-refractivity contribution in [3.63, 3.8) is 0 Å². The molecule has 6 heterocycles. The Morgan fingerprint density at radius 1 is 1.06 bits per heavy atom. The highest BCUT2D eigenvalue weighted by molar-refractivity contribution is 5.81. The van der Waals surface area contributed by atoms with Gasteiger partial charge in [-0.2, -0.15) is 10.1 Å². The van der Waals surface area contributed by atoms with Crippen molar-refractivity contribution in [2.45, 2.75) is 6.61 Å². The summed E-state index contributed by atoms with van der Waals surface area (Å²) in [5.41, 5.74) is 5.14. The van der Waals surface area contributed by atoms with Gasteiger partial charge in [0.25, 0.3) is 0 Å². The number of nitrogens with zero attached hydrogens (tertiary/aromatic N) is 7. The number of hydrogen-bond acceptors (Lipinski definition) is 9. The minimum absolute atomic E-state index is 0.343. The van der Waals surface area contributed by atoms with Crippen molar-refractivity contribution in [3.05, 3.63) is 54.7 Å². The Bertz CT molecular complexity index is 1300. The van der Waals surface area contributed by atoms with Gasteiger partial charge >= 0.3 is 0 Å². The highest BCUT2D eigenvalue weighted by atomic mass is 16.5. The lowest BCUT2D eigenvalue weighted by Crippen LogP contribution is -2.37. The molecule has 0 aliphatic carbocycles. The van der Waals surface area contributed by atoms with E-state index in [9.17, 15) is 0 Å². The molecule has 0 atom stereocenters. The van der Waals surface area contributed by atoms with Crippen LogP contribution in [-0.4, -0.2) is 56.0 Å². The standard InChI is InChI=1S/C23H22N8O2/c1-30-7-4-18(29-30)15-12-17-19(25-13-15)14-33-21-20(17)27-23(31-8-10-32-11-9-31)28-22(21)26-16-2-5-24-6-3-16/h2-7,12-13H,8-11,14H2,1H3,(H,24,26,27,28). The van der Waals surface area contributed by atoms with Crippen LogP contribution >= 0.6 is 0 Å². The number of anilines is 3. The molecule has 0 unspecified atom stereocenters. The van der Waals surface area contributed by atoms with Gasteiger partial charge in [0, 0.05) is 61.7 Å². The van der Waals surface area contributed by atoms with E-state index in [1.807, 2.05) is 37.6 Å². The SMILES string of the molecule is Cn1ccc(-c2cnc3c(c2)-c2nc(N4CCOCC4)nc(Nc4ccncc4)c2OC3)n1. The fourth-order valence-electron chi connectivity index (χ4n) is 3.98. The largest absolute Gasteiger partial charge is 0.481 e. The van der Waals surface area contributed by atoms with Crippen molar-refractivity contribution in [3.8, 4) is 28.3 Å². The van der Waals surface area contributed by atoms with Gasteiger partial charge in [-0.3, -0.25) is 14.6 Å². The molecule has 166 valence electrons. The Kier molecular flexibility index (Phi) is 4.84. The van der Waals surface area contributed by atoms with Gasteiger partial charge in [-0.15, -0.1) is 0 Å². The van der Waals surface area contributed by atoms with Crippen LogP contribution in [0.25, 0.3) is 22.5 Å². The lowest BCUT2D eigenvalue weighted by Gasteiger charge is -2.29. The molecule has 1 saturated heterocycles. The maximum absolute atomic E-state index is 6.12. The van der Waals surface area contributed by atoms with Crippen molar-refractivity contribution in [2.24, 2.45) is 7.05 Å². The fourth-order valence-corrected chi connectivity index (χ4v) is 3.98. The number of aryl methyl sites for hydroxylation is 1. The van der Waals surface area contributed by atoms with E-state index in [1.165, 1.54) is 0 Å². The molecule has 4 aromatic heterocycles. The third kappa shape index (κ3) is 3.74. The van der Waals surface area contributed by atoms with E-state index >= 15 is 0 Å². The number of nitrogens with one attached hydrogen (secondary N) is 1. The molecule has 0 saturated carbocycles. The maximum Gasteiger partial charge on any atom is 0.228 e. The zero-order chi connectivity index (χ0) is 22.2. The summed E-state index contributed by atoms with van der Waals surface area (Å²) in [5.74, 6) is 1.85. The Labute approximate surface area is 190 Å². The van der Waals surface area contributed by atoms with Crippen molar-refractivity contribution in [1.29, 1.82) is 0 Å². The third-order valence-corrected chi connectivity index (χ3v) is 5.68. The van der Waals surface area contributed by atoms with Crippen LogP contribution in [0.1, 0.15) is 5.69 Å². The fraction of sp³-hybridized carbons (Fsp3) is 0.261. The van der Waals surface area contributed by atoms with Gasteiger partial charge in [-0.25, -0.2) is 4.98 Å². The molecule has 0 amide bonds. The second-order valence-corrected chi connectivity index (χ2v) is 7.89. The topological polar surface area (TPSA) is 103 Å². The summed E-state index contributed by atoms with van der Waals surface area (Å²) in [7, 11) is 1.90. The van der Waals surface area contributed by atoms with Crippen LogP contribution < -0.4 is 15.0 Å². The zero-order valence-electron chi connectivity index (χ0n) is 18.1. The Morgan fingerprint density at radius 2 is 1.91 bits per heavy atom. The van der Waals surface area contributed by atoms with E-state index in [1.54, 1.807) is 17.1 Å². The molecule has 1 fully saturated rings. The van der Waals surface area contributed by atoms with Crippen LogP contribution in [0.3, 0.4) is 0 Å². The minimum atomic E-state index is 0.343. The first kappa shape index (κ1) is 19.6. The molecule has 6 rings (SSSR count). The second-order valence-electron chi connectivity index (χ2n) is 7.89. The number of pyridine rings is 2. The van der Waals surface area contributed by atoms with E-state index in [0.717, 1.165) is 47.0 Å². The van der Waals surface area contributed by atoms with Crippen LogP contribution in [-0.2, 0) is 18.4 Å². The molecule has 10 heteroatoms. The summed E-state index contributed by atoms with van der Waals surface area (Å²) in [6.07, 6.45) is 7.22. The van der Waals surface area contributed by atoms with Crippen molar-refractivity contribution in [1.82, 2.24) is 29.7 Å². The first-order chi connectivity index (χ1) is 16.2. The van der Waals surface area contributed by atoms with Gasteiger partial charge in [-0.1, -0.05) is 0 Å². The first-order valence-corrected chi connectivity index (χ1v) is 10.8. The molecular weight excluding hydrogens is 420 g/mol. The van der Waals surface area contributed by atoms with Gasteiger partial charge in [-0.05, 0) is 24.3 Å². The first-order valence-electron chi connectivity index (χ1n) is 10.8. The summed E-state index contributed by atoms with van der Waals surface area (Å²) in [4.78, 5) is 20.7. The second kappa shape index (κ2) is 8.14. The molecule has 2 aliphatic heterocycles. The summed E-state index contributed by atoms with van der Waals surface area (Å²) in [6.45, 7) is 3.09. The van der Waals surface area contributed by atoms with Crippen LogP contribution in [0.15, 0.2) is 49.1 Å². The van der Waals surface area contributed by atoms with Crippen LogP contribution in [0.4, 0.5) is 17.5 Å². The van der Waals surface area contributed by atoms with Crippen LogP contribution in [0.2, 0.25) is 0 Å². The number of fused-ring (bicyclic) bond motifs is 3. The molecule has 2 aliphatic rings. The minimum Gasteiger partial charge on any atom is -0.481 e. The third-order valence-electron chi connectivity index (χ3n) is 5.68.